The van der Waals surface area contributed by atoms with Crippen LogP contribution in [0.15, 0.2) is 72.9 Å². The Morgan fingerprint density at radius 3 is 2.48 bits per heavy atom. The zero-order valence-electron chi connectivity index (χ0n) is 15.8. The number of nitrogens with one attached hydrogen (secondary N) is 1. The van der Waals surface area contributed by atoms with Crippen molar-refractivity contribution in [1.82, 2.24) is 15.3 Å². The Morgan fingerprint density at radius 1 is 0.966 bits per heavy atom. The first-order valence-corrected chi connectivity index (χ1v) is 9.22. The lowest BCUT2D eigenvalue weighted by atomic mass is 10.1. The van der Waals surface area contributed by atoms with E-state index in [1.807, 2.05) is 54.6 Å². The Morgan fingerprint density at radius 2 is 1.69 bits per heavy atom. The number of aromatic nitrogens is 2. The normalized spacial score (nSPS) is 11.9. The first-order chi connectivity index (χ1) is 14.1. The van der Waals surface area contributed by atoms with Crippen LogP contribution in [-0.4, -0.2) is 35.0 Å². The molecule has 1 amide bonds. The molecule has 3 aromatic carbocycles. The molecule has 29 heavy (non-hydrogen) atoms. The number of hydrogen-bond acceptors (Lipinski definition) is 5. The van der Waals surface area contributed by atoms with Crippen LogP contribution in [0.4, 0.5) is 0 Å². The highest BCUT2D eigenvalue weighted by molar-refractivity contribution is 6.00. The average molecular weight is 385 g/mol. The molecule has 0 aliphatic carbocycles. The lowest BCUT2D eigenvalue weighted by molar-refractivity contribution is -0.142. The SMILES string of the molecule is COC(=O)[C@H](Cc1cnc2ccccc2n1)NC(=O)c1ccc2ccccc2c1. The molecule has 6 heteroatoms. The summed E-state index contributed by atoms with van der Waals surface area (Å²) in [5.41, 5.74) is 2.57. The van der Waals surface area contributed by atoms with Gasteiger partial charge in [0.05, 0.1) is 23.8 Å². The average Bonchev–Trinajstić information content (AvgIpc) is 2.77. The van der Waals surface area contributed by atoms with Gasteiger partial charge < -0.3 is 10.1 Å². The number of nitrogens with zero attached hydrogens (tertiary/aromatic N) is 2. The van der Waals surface area contributed by atoms with Gasteiger partial charge in [-0.1, -0.05) is 42.5 Å². The second-order valence-corrected chi connectivity index (χ2v) is 6.67. The Kier molecular flexibility index (Phi) is 5.16. The monoisotopic (exact) mass is 385 g/mol. The number of carbonyl (C=O) groups excluding carboxylic acids is 2. The molecule has 4 rings (SSSR count). The van der Waals surface area contributed by atoms with E-state index in [1.54, 1.807) is 18.3 Å². The summed E-state index contributed by atoms with van der Waals surface area (Å²) < 4.78 is 4.88. The highest BCUT2D eigenvalue weighted by atomic mass is 16.5. The molecule has 0 fully saturated rings. The zero-order chi connectivity index (χ0) is 20.2. The molecule has 0 saturated heterocycles. The fraction of sp³-hybridized carbons (Fsp3) is 0.130. The van der Waals surface area contributed by atoms with Crippen LogP contribution in [0.1, 0.15) is 16.1 Å². The Hall–Kier alpha value is -3.80. The van der Waals surface area contributed by atoms with E-state index in [2.05, 4.69) is 15.3 Å². The Labute approximate surface area is 167 Å². The molecule has 0 radical (unpaired) electrons. The summed E-state index contributed by atoms with van der Waals surface area (Å²) in [6, 6.07) is 19.8. The van der Waals surface area contributed by atoms with Crippen LogP contribution in [0, 0.1) is 0 Å². The van der Waals surface area contributed by atoms with Gasteiger partial charge in [-0.05, 0) is 35.0 Å². The van der Waals surface area contributed by atoms with E-state index in [1.165, 1.54) is 7.11 Å². The van der Waals surface area contributed by atoms with Crippen LogP contribution in [0.2, 0.25) is 0 Å². The van der Waals surface area contributed by atoms with Gasteiger partial charge in [-0.15, -0.1) is 0 Å². The summed E-state index contributed by atoms with van der Waals surface area (Å²) in [4.78, 5) is 33.9. The van der Waals surface area contributed by atoms with Crippen molar-refractivity contribution in [3.05, 3.63) is 84.2 Å². The molecule has 1 atom stereocenters. The molecule has 0 saturated carbocycles. The number of carbonyl (C=O) groups is 2. The number of esters is 1. The van der Waals surface area contributed by atoms with Gasteiger partial charge in [-0.25, -0.2) is 9.78 Å². The van der Waals surface area contributed by atoms with Gasteiger partial charge in [-0.3, -0.25) is 9.78 Å². The van der Waals surface area contributed by atoms with Gasteiger partial charge in [0.15, 0.2) is 0 Å². The molecule has 1 aromatic heterocycles. The van der Waals surface area contributed by atoms with Crippen molar-refractivity contribution < 1.29 is 14.3 Å². The summed E-state index contributed by atoms with van der Waals surface area (Å²) in [5.74, 6) is -0.881. The first-order valence-electron chi connectivity index (χ1n) is 9.22. The zero-order valence-corrected chi connectivity index (χ0v) is 15.8. The Bertz CT molecular complexity index is 1210. The minimum Gasteiger partial charge on any atom is -0.467 e. The molecule has 4 aromatic rings. The van der Waals surface area contributed by atoms with E-state index >= 15 is 0 Å². The minimum atomic E-state index is -0.866. The van der Waals surface area contributed by atoms with E-state index < -0.39 is 12.0 Å². The van der Waals surface area contributed by atoms with Gasteiger partial charge >= 0.3 is 5.97 Å². The molecule has 1 heterocycles. The van der Waals surface area contributed by atoms with Crippen molar-refractivity contribution in [2.45, 2.75) is 12.5 Å². The van der Waals surface area contributed by atoms with E-state index in [0.717, 1.165) is 21.8 Å². The van der Waals surface area contributed by atoms with E-state index in [9.17, 15) is 9.59 Å². The number of fused-ring (bicyclic) bond motifs is 2. The van der Waals surface area contributed by atoms with Crippen LogP contribution >= 0.6 is 0 Å². The maximum absolute atomic E-state index is 12.8. The highest BCUT2D eigenvalue weighted by Crippen LogP contribution is 2.16. The molecule has 0 spiro atoms. The summed E-state index contributed by atoms with van der Waals surface area (Å²) in [7, 11) is 1.30. The number of para-hydroxylation sites is 2. The van der Waals surface area contributed by atoms with Crippen molar-refractivity contribution in [2.24, 2.45) is 0 Å². The lowest BCUT2D eigenvalue weighted by Gasteiger charge is -2.16. The van der Waals surface area contributed by atoms with Gasteiger partial charge in [0, 0.05) is 18.2 Å². The summed E-state index contributed by atoms with van der Waals surface area (Å²) in [5, 5.41) is 4.76. The molecule has 0 aliphatic rings. The third-order valence-corrected chi connectivity index (χ3v) is 4.71. The third kappa shape index (κ3) is 4.06. The number of ether oxygens (including phenoxy) is 1. The van der Waals surface area contributed by atoms with Gasteiger partial charge in [0.25, 0.3) is 5.91 Å². The smallest absolute Gasteiger partial charge is 0.328 e. The van der Waals surface area contributed by atoms with E-state index in [4.69, 9.17) is 4.74 Å². The third-order valence-electron chi connectivity index (χ3n) is 4.71. The van der Waals surface area contributed by atoms with E-state index in [-0.39, 0.29) is 12.3 Å². The van der Waals surface area contributed by atoms with Gasteiger partial charge in [0.2, 0.25) is 0 Å². The number of hydrogen-bond donors (Lipinski definition) is 1. The van der Waals surface area contributed by atoms with Crippen molar-refractivity contribution in [3.8, 4) is 0 Å². The van der Waals surface area contributed by atoms with Crippen molar-refractivity contribution >= 4 is 33.7 Å². The molecule has 0 aliphatic heterocycles. The van der Waals surface area contributed by atoms with Gasteiger partial charge in [0.1, 0.15) is 6.04 Å². The standard InChI is InChI=1S/C23H19N3O3/c1-29-23(28)21(13-18-14-24-19-8-4-5-9-20(19)25-18)26-22(27)17-11-10-15-6-2-3-7-16(15)12-17/h2-12,14,21H,13H2,1H3,(H,26,27)/t21-/m0/s1. The van der Waals surface area contributed by atoms with Crippen LogP contribution in [-0.2, 0) is 16.0 Å². The van der Waals surface area contributed by atoms with E-state index in [0.29, 0.717) is 11.3 Å². The number of methoxy groups -OCH3 is 1. The lowest BCUT2D eigenvalue weighted by Crippen LogP contribution is -2.43. The van der Waals surface area contributed by atoms with Crippen molar-refractivity contribution in [2.75, 3.05) is 7.11 Å². The summed E-state index contributed by atoms with van der Waals surface area (Å²) >= 11 is 0. The summed E-state index contributed by atoms with van der Waals surface area (Å²) in [6.45, 7) is 0. The van der Waals surface area contributed by atoms with Crippen LogP contribution < -0.4 is 5.32 Å². The molecular weight excluding hydrogens is 366 g/mol. The Balaban J connectivity index is 1.57. The predicted molar refractivity (Wildman–Crippen MR) is 110 cm³/mol. The van der Waals surface area contributed by atoms with Crippen LogP contribution in [0.25, 0.3) is 21.8 Å². The van der Waals surface area contributed by atoms with Crippen molar-refractivity contribution in [1.29, 1.82) is 0 Å². The summed E-state index contributed by atoms with van der Waals surface area (Å²) in [6.07, 6.45) is 1.80. The first kappa shape index (κ1) is 18.6. The second kappa shape index (κ2) is 8.06. The molecular formula is C23H19N3O3. The number of benzene rings is 3. The quantitative estimate of drug-likeness (QED) is 0.533. The fourth-order valence-electron chi connectivity index (χ4n) is 3.21. The van der Waals surface area contributed by atoms with Crippen molar-refractivity contribution in [3.63, 3.8) is 0 Å². The minimum absolute atomic E-state index is 0.184. The van der Waals surface area contributed by atoms with Gasteiger partial charge in [-0.2, -0.15) is 0 Å². The molecule has 1 N–H and O–H groups in total. The topological polar surface area (TPSA) is 81.2 Å². The van der Waals surface area contributed by atoms with Crippen LogP contribution in [0.5, 0.6) is 0 Å². The molecule has 0 unspecified atom stereocenters. The second-order valence-electron chi connectivity index (χ2n) is 6.67. The molecule has 6 nitrogen and oxygen atoms in total. The maximum Gasteiger partial charge on any atom is 0.328 e. The fourth-order valence-corrected chi connectivity index (χ4v) is 3.21. The number of rotatable bonds is 5. The largest absolute Gasteiger partial charge is 0.467 e. The number of amides is 1. The predicted octanol–water partition coefficient (Wildman–Crippen LogP) is 3.30. The molecule has 144 valence electrons. The maximum atomic E-state index is 12.8. The highest BCUT2D eigenvalue weighted by Gasteiger charge is 2.23. The van der Waals surface area contributed by atoms with Crippen LogP contribution in [0.3, 0.4) is 0 Å². The molecule has 0 bridgehead atoms.